The number of nitrogens with one attached hydrogen (secondary N) is 1. The van der Waals surface area contributed by atoms with E-state index in [-0.39, 0.29) is 11.4 Å². The van der Waals surface area contributed by atoms with Crippen LogP contribution in [-0.4, -0.2) is 36.2 Å². The number of hydrogen-bond donors (Lipinski definition) is 1. The first-order valence-corrected chi connectivity index (χ1v) is 12.0. The molecule has 0 fully saturated rings. The molecule has 4 rings (SSSR count). The van der Waals surface area contributed by atoms with Crippen LogP contribution in [0, 0.1) is 6.92 Å². The maximum atomic E-state index is 12.4. The van der Waals surface area contributed by atoms with Crippen LogP contribution in [-0.2, 0) is 5.75 Å². The van der Waals surface area contributed by atoms with Crippen molar-refractivity contribution in [2.75, 3.05) is 0 Å². The first-order valence-electron chi connectivity index (χ1n) is 10.1. The SMILES string of the molecule is Cc1ccc(-n2c(SCc3nc(C(=O)NC(C)(C)C)cs3)nnc2-c2ccncc2)cc1. The van der Waals surface area contributed by atoms with Crippen LogP contribution >= 0.6 is 23.1 Å². The predicted molar refractivity (Wildman–Crippen MR) is 128 cm³/mol. The molecule has 164 valence electrons. The fourth-order valence-corrected chi connectivity index (χ4v) is 4.73. The number of amides is 1. The number of nitrogens with zero attached hydrogens (tertiary/aromatic N) is 5. The lowest BCUT2D eigenvalue weighted by Crippen LogP contribution is -2.40. The molecule has 0 bridgehead atoms. The third-order valence-corrected chi connectivity index (χ3v) is 6.43. The Labute approximate surface area is 195 Å². The van der Waals surface area contributed by atoms with Crippen LogP contribution in [0.4, 0.5) is 0 Å². The molecule has 9 heteroatoms. The van der Waals surface area contributed by atoms with Gasteiger partial charge >= 0.3 is 0 Å². The van der Waals surface area contributed by atoms with E-state index in [4.69, 9.17) is 0 Å². The molecular weight excluding hydrogens is 440 g/mol. The van der Waals surface area contributed by atoms with Gasteiger partial charge in [0.05, 0.1) is 5.75 Å². The second kappa shape index (κ2) is 9.22. The van der Waals surface area contributed by atoms with E-state index in [1.165, 1.54) is 16.9 Å². The van der Waals surface area contributed by atoms with Gasteiger partial charge in [-0.2, -0.15) is 0 Å². The lowest BCUT2D eigenvalue weighted by molar-refractivity contribution is 0.0915. The summed E-state index contributed by atoms with van der Waals surface area (Å²) in [6.07, 6.45) is 3.49. The van der Waals surface area contributed by atoms with Gasteiger partial charge in [-0.25, -0.2) is 4.98 Å². The average Bonchev–Trinajstić information content (AvgIpc) is 3.40. The summed E-state index contributed by atoms with van der Waals surface area (Å²) in [5, 5.41) is 15.3. The van der Waals surface area contributed by atoms with Gasteiger partial charge in [0.25, 0.3) is 5.91 Å². The highest BCUT2D eigenvalue weighted by molar-refractivity contribution is 7.98. The second-order valence-corrected chi connectivity index (χ2v) is 10.2. The first kappa shape index (κ1) is 22.2. The maximum absolute atomic E-state index is 12.4. The molecule has 0 unspecified atom stereocenters. The summed E-state index contributed by atoms with van der Waals surface area (Å²) in [6.45, 7) is 7.91. The molecule has 0 saturated carbocycles. The Morgan fingerprint density at radius 1 is 1.09 bits per heavy atom. The number of hydrogen-bond acceptors (Lipinski definition) is 7. The smallest absolute Gasteiger partial charge is 0.271 e. The Balaban J connectivity index is 1.59. The number of thioether (sulfide) groups is 1. The highest BCUT2D eigenvalue weighted by atomic mass is 32.2. The minimum absolute atomic E-state index is 0.159. The van der Waals surface area contributed by atoms with Crippen molar-refractivity contribution in [3.63, 3.8) is 0 Å². The van der Waals surface area contributed by atoms with Gasteiger partial charge in [-0.05, 0) is 52.0 Å². The molecule has 0 spiro atoms. The van der Waals surface area contributed by atoms with Crippen LogP contribution in [0.2, 0.25) is 0 Å². The van der Waals surface area contributed by atoms with Gasteiger partial charge in [0.2, 0.25) is 0 Å². The summed E-state index contributed by atoms with van der Waals surface area (Å²) in [5.74, 6) is 1.18. The van der Waals surface area contributed by atoms with Crippen LogP contribution in [0.25, 0.3) is 17.1 Å². The van der Waals surface area contributed by atoms with E-state index in [1.54, 1.807) is 29.5 Å². The number of carbonyl (C=O) groups is 1. The Morgan fingerprint density at radius 3 is 2.50 bits per heavy atom. The van der Waals surface area contributed by atoms with Gasteiger partial charge in [-0.3, -0.25) is 14.3 Å². The number of pyridine rings is 1. The zero-order valence-electron chi connectivity index (χ0n) is 18.4. The summed E-state index contributed by atoms with van der Waals surface area (Å²) in [5.41, 5.74) is 3.25. The molecule has 32 heavy (non-hydrogen) atoms. The Hall–Kier alpha value is -3.04. The molecule has 0 aliphatic carbocycles. The van der Waals surface area contributed by atoms with Crippen molar-refractivity contribution in [1.29, 1.82) is 0 Å². The molecular formula is C23H24N6OS2. The molecule has 3 aromatic heterocycles. The fourth-order valence-electron chi connectivity index (χ4n) is 2.99. The summed E-state index contributed by atoms with van der Waals surface area (Å²) < 4.78 is 2.04. The number of benzene rings is 1. The zero-order valence-corrected chi connectivity index (χ0v) is 20.0. The quantitative estimate of drug-likeness (QED) is 0.408. The lowest BCUT2D eigenvalue weighted by atomic mass is 10.1. The average molecular weight is 465 g/mol. The van der Waals surface area contributed by atoms with Gasteiger partial charge in [-0.1, -0.05) is 29.5 Å². The van der Waals surface area contributed by atoms with Gasteiger partial charge in [0, 0.05) is 34.6 Å². The molecule has 4 aromatic rings. The van der Waals surface area contributed by atoms with E-state index in [2.05, 4.69) is 56.7 Å². The number of aryl methyl sites for hydroxylation is 1. The summed E-state index contributed by atoms with van der Waals surface area (Å²) in [6, 6.07) is 12.1. The van der Waals surface area contributed by atoms with Gasteiger partial charge < -0.3 is 5.32 Å². The van der Waals surface area contributed by atoms with Crippen LogP contribution in [0.1, 0.15) is 41.8 Å². The molecule has 0 aliphatic rings. The van der Waals surface area contributed by atoms with E-state index in [0.29, 0.717) is 11.4 Å². The van der Waals surface area contributed by atoms with E-state index < -0.39 is 0 Å². The Morgan fingerprint density at radius 2 is 1.81 bits per heavy atom. The summed E-state index contributed by atoms with van der Waals surface area (Å²) >= 11 is 3.01. The van der Waals surface area contributed by atoms with E-state index in [1.807, 2.05) is 37.5 Å². The molecule has 0 radical (unpaired) electrons. The molecule has 1 aromatic carbocycles. The minimum atomic E-state index is -0.302. The molecule has 3 heterocycles. The van der Waals surface area contributed by atoms with Crippen molar-refractivity contribution >= 4 is 29.0 Å². The van der Waals surface area contributed by atoms with E-state index in [0.717, 1.165) is 27.2 Å². The van der Waals surface area contributed by atoms with E-state index >= 15 is 0 Å². The molecule has 1 amide bonds. The first-order chi connectivity index (χ1) is 15.3. The van der Waals surface area contributed by atoms with E-state index in [9.17, 15) is 4.79 Å². The topological polar surface area (TPSA) is 85.6 Å². The van der Waals surface area contributed by atoms with Crippen molar-refractivity contribution in [3.05, 3.63) is 70.4 Å². The number of thiazole rings is 1. The third kappa shape index (κ3) is 5.23. The number of aromatic nitrogens is 5. The fraction of sp³-hybridized carbons (Fsp3) is 0.261. The van der Waals surface area contributed by atoms with Crippen molar-refractivity contribution in [2.24, 2.45) is 0 Å². The van der Waals surface area contributed by atoms with Crippen molar-refractivity contribution in [2.45, 2.75) is 44.1 Å². The van der Waals surface area contributed by atoms with Gasteiger partial charge in [0.15, 0.2) is 11.0 Å². The van der Waals surface area contributed by atoms with Gasteiger partial charge in [-0.15, -0.1) is 21.5 Å². The zero-order chi connectivity index (χ0) is 22.7. The molecule has 0 saturated heterocycles. The highest BCUT2D eigenvalue weighted by Crippen LogP contribution is 2.30. The van der Waals surface area contributed by atoms with Crippen LogP contribution in [0.3, 0.4) is 0 Å². The monoisotopic (exact) mass is 464 g/mol. The second-order valence-electron chi connectivity index (χ2n) is 8.33. The largest absolute Gasteiger partial charge is 0.346 e. The summed E-state index contributed by atoms with van der Waals surface area (Å²) in [7, 11) is 0. The maximum Gasteiger partial charge on any atom is 0.271 e. The number of carbonyl (C=O) groups excluding carboxylic acids is 1. The highest BCUT2D eigenvalue weighted by Gasteiger charge is 2.19. The predicted octanol–water partition coefficient (Wildman–Crippen LogP) is 4.91. The number of rotatable bonds is 6. The van der Waals surface area contributed by atoms with Crippen molar-refractivity contribution < 1.29 is 4.79 Å². The molecule has 1 N–H and O–H groups in total. The Kier molecular flexibility index (Phi) is 6.38. The molecule has 0 aliphatic heterocycles. The van der Waals surface area contributed by atoms with Crippen molar-refractivity contribution in [1.82, 2.24) is 30.0 Å². The minimum Gasteiger partial charge on any atom is -0.346 e. The van der Waals surface area contributed by atoms with Crippen LogP contribution in [0.5, 0.6) is 0 Å². The molecule has 7 nitrogen and oxygen atoms in total. The van der Waals surface area contributed by atoms with Crippen molar-refractivity contribution in [3.8, 4) is 17.1 Å². The standard InChI is InChI=1S/C23H24N6OS2/c1-15-5-7-17(8-6-15)29-20(16-9-11-24-12-10-16)27-28-22(29)32-14-19-25-18(13-31-19)21(30)26-23(2,3)4/h5-13H,14H2,1-4H3,(H,26,30). The molecule has 0 atom stereocenters. The van der Waals surface area contributed by atoms with Gasteiger partial charge in [0.1, 0.15) is 10.7 Å². The Bertz CT molecular complexity index is 1210. The van der Waals surface area contributed by atoms with Crippen LogP contribution in [0.15, 0.2) is 59.3 Å². The lowest BCUT2D eigenvalue weighted by Gasteiger charge is -2.19. The normalized spacial score (nSPS) is 11.5. The van der Waals surface area contributed by atoms with Crippen LogP contribution < -0.4 is 5.32 Å². The summed E-state index contributed by atoms with van der Waals surface area (Å²) in [4.78, 5) is 21.0. The third-order valence-electron chi connectivity index (χ3n) is 4.46.